The van der Waals surface area contributed by atoms with E-state index in [1.165, 1.54) is 35.2 Å². The third-order valence-corrected chi connectivity index (χ3v) is 10.2. The Labute approximate surface area is 290 Å². The van der Waals surface area contributed by atoms with E-state index in [0.29, 0.717) is 5.56 Å². The van der Waals surface area contributed by atoms with Crippen LogP contribution in [0.15, 0.2) is 95.9 Å². The maximum atomic E-state index is 14.6. The Bertz CT molecular complexity index is 1780. The van der Waals surface area contributed by atoms with Crippen LogP contribution in [-0.2, 0) is 32.6 Å². The highest BCUT2D eigenvalue weighted by molar-refractivity contribution is 7.92. The number of hydrogen-bond donors (Lipinski definition) is 1. The van der Waals surface area contributed by atoms with Crippen molar-refractivity contribution in [1.29, 1.82) is 0 Å². The fourth-order valence-electron chi connectivity index (χ4n) is 4.82. The maximum Gasteiger partial charge on any atom is 0.264 e. The Morgan fingerprint density at radius 2 is 1.43 bits per heavy atom. The Balaban J connectivity index is 1.87. The van der Waals surface area contributed by atoms with Crippen LogP contribution >= 0.6 is 46.4 Å². The van der Waals surface area contributed by atoms with Crippen molar-refractivity contribution in [2.45, 2.75) is 50.7 Å². The molecular weight excluding hydrogens is 688 g/mol. The van der Waals surface area contributed by atoms with E-state index in [1.54, 1.807) is 30.3 Å². The van der Waals surface area contributed by atoms with E-state index < -0.39 is 34.4 Å². The van der Waals surface area contributed by atoms with Gasteiger partial charge in [-0.05, 0) is 68.8 Å². The van der Waals surface area contributed by atoms with E-state index in [0.717, 1.165) is 15.4 Å². The number of anilines is 1. The average molecular weight is 722 g/mol. The van der Waals surface area contributed by atoms with E-state index in [2.05, 4.69) is 5.32 Å². The first kappa shape index (κ1) is 35.6. The molecule has 2 amide bonds. The van der Waals surface area contributed by atoms with Gasteiger partial charge in [0.1, 0.15) is 12.6 Å². The zero-order valence-electron chi connectivity index (χ0n) is 25.4. The van der Waals surface area contributed by atoms with Gasteiger partial charge in [0.25, 0.3) is 10.0 Å². The summed E-state index contributed by atoms with van der Waals surface area (Å²) < 4.78 is 29.3. The molecule has 0 heterocycles. The number of hydrogen-bond acceptors (Lipinski definition) is 4. The minimum Gasteiger partial charge on any atom is -0.352 e. The Morgan fingerprint density at radius 1 is 0.804 bits per heavy atom. The number of sulfonamides is 1. The minimum atomic E-state index is -4.36. The summed E-state index contributed by atoms with van der Waals surface area (Å²) in [5.41, 5.74) is 2.05. The van der Waals surface area contributed by atoms with E-state index in [9.17, 15) is 18.0 Å². The summed E-state index contributed by atoms with van der Waals surface area (Å²) in [4.78, 5) is 29.7. The molecule has 0 radical (unpaired) electrons. The molecule has 0 aromatic heterocycles. The highest BCUT2D eigenvalue weighted by Gasteiger charge is 2.36. The molecule has 1 atom stereocenters. The monoisotopic (exact) mass is 719 g/mol. The average Bonchev–Trinajstić information content (AvgIpc) is 3.00. The Hall–Kier alpha value is -3.27. The highest BCUT2D eigenvalue weighted by atomic mass is 35.5. The molecule has 0 spiro atoms. The van der Waals surface area contributed by atoms with Crippen molar-refractivity contribution < 1.29 is 18.0 Å². The van der Waals surface area contributed by atoms with Crippen molar-refractivity contribution >= 4 is 73.9 Å². The third kappa shape index (κ3) is 8.75. The molecule has 0 saturated heterocycles. The zero-order valence-corrected chi connectivity index (χ0v) is 29.2. The summed E-state index contributed by atoms with van der Waals surface area (Å²) >= 11 is 25.9. The second-order valence-electron chi connectivity index (χ2n) is 11.0. The summed E-state index contributed by atoms with van der Waals surface area (Å²) in [5.74, 6) is -1.12. The molecule has 4 rings (SSSR count). The molecule has 4 aromatic carbocycles. The topological polar surface area (TPSA) is 86.8 Å². The molecule has 12 heteroatoms. The first-order valence-corrected chi connectivity index (χ1v) is 17.3. The molecule has 46 heavy (non-hydrogen) atoms. The number of amides is 2. The summed E-state index contributed by atoms with van der Waals surface area (Å²) in [6, 6.07) is 23.4. The number of benzene rings is 4. The number of nitrogens with zero attached hydrogens (tertiary/aromatic N) is 2. The van der Waals surface area contributed by atoms with Crippen molar-refractivity contribution in [3.8, 4) is 0 Å². The number of nitrogens with one attached hydrogen (secondary N) is 1. The smallest absolute Gasteiger partial charge is 0.264 e. The molecule has 0 fully saturated rings. The number of carbonyl (C=O) groups excluding carboxylic acids is 2. The first-order valence-electron chi connectivity index (χ1n) is 14.4. The fraction of sp³-hybridized carbons (Fsp3) is 0.235. The van der Waals surface area contributed by atoms with Gasteiger partial charge < -0.3 is 10.2 Å². The van der Waals surface area contributed by atoms with Crippen LogP contribution in [0, 0.1) is 6.92 Å². The van der Waals surface area contributed by atoms with Gasteiger partial charge in [0.2, 0.25) is 11.8 Å². The van der Waals surface area contributed by atoms with Gasteiger partial charge >= 0.3 is 0 Å². The van der Waals surface area contributed by atoms with E-state index >= 15 is 0 Å². The summed E-state index contributed by atoms with van der Waals surface area (Å²) in [6.45, 7) is 4.57. The molecule has 7 nitrogen and oxygen atoms in total. The minimum absolute atomic E-state index is 0.00468. The molecule has 4 aromatic rings. The van der Waals surface area contributed by atoms with Gasteiger partial charge in [-0.25, -0.2) is 8.42 Å². The SMILES string of the molecule is Cc1ccc(S(=O)(=O)N(CC(=O)N(Cc2c(Cl)cccc2Cl)[C@@H](Cc2ccccc2)C(=O)NC(C)C)c2cc(Cl)ccc2Cl)cc1. The molecular formula is C34H33Cl4N3O4S. The summed E-state index contributed by atoms with van der Waals surface area (Å²) in [5, 5.41) is 3.76. The fourth-order valence-corrected chi connectivity index (χ4v) is 7.19. The molecule has 0 aliphatic rings. The van der Waals surface area contributed by atoms with Crippen molar-refractivity contribution in [2.75, 3.05) is 10.8 Å². The number of carbonyl (C=O) groups is 2. The number of aryl methyl sites for hydroxylation is 1. The van der Waals surface area contributed by atoms with Gasteiger partial charge in [-0.1, -0.05) is 100 Å². The van der Waals surface area contributed by atoms with Gasteiger partial charge in [0.15, 0.2) is 0 Å². The second kappa shape index (κ2) is 15.5. The van der Waals surface area contributed by atoms with Crippen molar-refractivity contribution in [3.63, 3.8) is 0 Å². The molecule has 242 valence electrons. The van der Waals surface area contributed by atoms with E-state index in [4.69, 9.17) is 46.4 Å². The lowest BCUT2D eigenvalue weighted by Gasteiger charge is -2.34. The normalized spacial score (nSPS) is 12.1. The van der Waals surface area contributed by atoms with Crippen LogP contribution in [0.2, 0.25) is 20.1 Å². The van der Waals surface area contributed by atoms with Crippen LogP contribution in [0.5, 0.6) is 0 Å². The standard InChI is InChI=1S/C34H33Cl4N3O4S/c1-22(2)39-34(43)32(18-24-8-5-4-6-9-24)40(20-27-28(36)10-7-11-29(27)37)33(42)21-41(31-19-25(35)14-17-30(31)38)46(44,45)26-15-12-23(3)13-16-26/h4-17,19,22,32H,18,20-21H2,1-3H3,(H,39,43)/t32-/m0/s1. The predicted octanol–water partition coefficient (Wildman–Crippen LogP) is 7.97. The van der Waals surface area contributed by atoms with E-state index in [1.807, 2.05) is 51.1 Å². The Kier molecular flexibility index (Phi) is 12.0. The first-order chi connectivity index (χ1) is 21.8. The van der Waals surface area contributed by atoms with Crippen LogP contribution in [-0.4, -0.2) is 43.8 Å². The van der Waals surface area contributed by atoms with Crippen LogP contribution in [0.3, 0.4) is 0 Å². The second-order valence-corrected chi connectivity index (χ2v) is 14.5. The van der Waals surface area contributed by atoms with Gasteiger partial charge in [-0.15, -0.1) is 0 Å². The van der Waals surface area contributed by atoms with Crippen LogP contribution in [0.1, 0.15) is 30.5 Å². The lowest BCUT2D eigenvalue weighted by atomic mass is 10.0. The molecule has 0 bridgehead atoms. The molecule has 0 saturated carbocycles. The molecule has 0 aliphatic carbocycles. The van der Waals surface area contributed by atoms with Gasteiger partial charge in [-0.2, -0.15) is 0 Å². The largest absolute Gasteiger partial charge is 0.352 e. The van der Waals surface area contributed by atoms with Crippen molar-refractivity contribution in [3.05, 3.63) is 128 Å². The van der Waals surface area contributed by atoms with Crippen LogP contribution in [0.25, 0.3) is 0 Å². The Morgan fingerprint density at radius 3 is 2.04 bits per heavy atom. The van der Waals surface area contributed by atoms with Gasteiger partial charge in [0, 0.05) is 39.6 Å². The number of halogens is 4. The summed E-state index contributed by atoms with van der Waals surface area (Å²) in [7, 11) is -4.36. The van der Waals surface area contributed by atoms with E-state index in [-0.39, 0.29) is 49.7 Å². The lowest BCUT2D eigenvalue weighted by Crippen LogP contribution is -2.54. The van der Waals surface area contributed by atoms with Crippen LogP contribution < -0.4 is 9.62 Å². The lowest BCUT2D eigenvalue weighted by molar-refractivity contribution is -0.140. The van der Waals surface area contributed by atoms with Gasteiger partial charge in [-0.3, -0.25) is 13.9 Å². The third-order valence-electron chi connectivity index (χ3n) is 7.16. The zero-order chi connectivity index (χ0) is 33.6. The highest BCUT2D eigenvalue weighted by Crippen LogP contribution is 2.34. The number of rotatable bonds is 12. The van der Waals surface area contributed by atoms with Crippen molar-refractivity contribution in [2.24, 2.45) is 0 Å². The summed E-state index contributed by atoms with van der Waals surface area (Å²) in [6.07, 6.45) is 0.135. The van der Waals surface area contributed by atoms with Crippen LogP contribution in [0.4, 0.5) is 5.69 Å². The van der Waals surface area contributed by atoms with Gasteiger partial charge in [0.05, 0.1) is 15.6 Å². The quantitative estimate of drug-likeness (QED) is 0.161. The molecule has 1 N–H and O–H groups in total. The molecule has 0 unspecified atom stereocenters. The van der Waals surface area contributed by atoms with Crippen molar-refractivity contribution in [1.82, 2.24) is 10.2 Å². The maximum absolute atomic E-state index is 14.6. The molecule has 0 aliphatic heterocycles. The predicted molar refractivity (Wildman–Crippen MR) is 186 cm³/mol.